The highest BCUT2D eigenvalue weighted by Gasteiger charge is 2.37. The summed E-state index contributed by atoms with van der Waals surface area (Å²) in [6, 6.07) is 5.58. The van der Waals surface area contributed by atoms with E-state index in [1.54, 1.807) is 19.1 Å². The maximum Gasteiger partial charge on any atom is 0.435 e. The van der Waals surface area contributed by atoms with Gasteiger partial charge < -0.3 is 10.6 Å². The molecular weight excluding hydrogens is 533 g/mol. The Morgan fingerprint density at radius 1 is 1.21 bits per heavy atom. The van der Waals surface area contributed by atoms with Crippen LogP contribution < -0.4 is 16.1 Å². The van der Waals surface area contributed by atoms with E-state index in [1.807, 2.05) is 0 Å². The highest BCUT2D eigenvalue weighted by molar-refractivity contribution is 6.32. The van der Waals surface area contributed by atoms with Crippen molar-refractivity contribution >= 4 is 40.5 Å². The number of pyridine rings is 2. The molecule has 1 fully saturated rings. The number of alkyl halides is 3. The SMILES string of the molecule is Cc1cc2ccnn2c(C(=O)NC2CONC2=O)c1NC(=O)c1cc(C(F)(F)F)nn1-c1ncccc1Cl. The standard InChI is InChI=1S/C22H16ClF3N8O4/c1-10-7-11-4-6-28-33(11)17(21(37)29-13-9-38-32-19(13)35)16(10)30-20(36)14-8-15(22(24,25)26)31-34(14)18-12(23)3-2-5-27-18/h2-8,13H,9H2,1H3,(H,29,37)(H,30,36)(H,32,35). The number of aryl methyl sites for hydroxylation is 1. The number of carbonyl (C=O) groups excluding carboxylic acids is 3. The van der Waals surface area contributed by atoms with Crippen LogP contribution in [-0.2, 0) is 15.8 Å². The molecule has 0 radical (unpaired) electrons. The van der Waals surface area contributed by atoms with Crippen molar-refractivity contribution in [2.24, 2.45) is 0 Å². The number of rotatable bonds is 5. The molecule has 1 aliphatic heterocycles. The second-order valence-corrected chi connectivity index (χ2v) is 8.52. The molecule has 1 unspecified atom stereocenters. The van der Waals surface area contributed by atoms with Gasteiger partial charge in [-0.1, -0.05) is 11.6 Å². The van der Waals surface area contributed by atoms with E-state index in [9.17, 15) is 27.6 Å². The van der Waals surface area contributed by atoms with Crippen LogP contribution in [-0.4, -0.2) is 54.7 Å². The van der Waals surface area contributed by atoms with E-state index in [1.165, 1.54) is 29.0 Å². The summed E-state index contributed by atoms with van der Waals surface area (Å²) in [6.07, 6.45) is -2.18. The first-order chi connectivity index (χ1) is 18.0. The van der Waals surface area contributed by atoms with Crippen LogP contribution >= 0.6 is 11.6 Å². The van der Waals surface area contributed by atoms with Crippen LogP contribution in [0.5, 0.6) is 0 Å². The van der Waals surface area contributed by atoms with Gasteiger partial charge >= 0.3 is 6.18 Å². The smallest absolute Gasteiger partial charge is 0.337 e. The van der Waals surface area contributed by atoms with E-state index >= 15 is 0 Å². The van der Waals surface area contributed by atoms with E-state index < -0.39 is 41.3 Å². The summed E-state index contributed by atoms with van der Waals surface area (Å²) >= 11 is 6.11. The molecule has 38 heavy (non-hydrogen) atoms. The Morgan fingerprint density at radius 2 is 2.00 bits per heavy atom. The normalized spacial score (nSPS) is 15.5. The maximum atomic E-state index is 13.5. The van der Waals surface area contributed by atoms with Crippen LogP contribution in [0.2, 0.25) is 5.02 Å². The number of halogens is 4. The summed E-state index contributed by atoms with van der Waals surface area (Å²) in [7, 11) is 0. The monoisotopic (exact) mass is 548 g/mol. The van der Waals surface area contributed by atoms with Gasteiger partial charge in [0, 0.05) is 12.3 Å². The van der Waals surface area contributed by atoms with Crippen molar-refractivity contribution in [3.63, 3.8) is 0 Å². The molecule has 3 amide bonds. The van der Waals surface area contributed by atoms with Gasteiger partial charge in [-0.05, 0) is 36.8 Å². The molecule has 0 saturated carbocycles. The van der Waals surface area contributed by atoms with E-state index in [4.69, 9.17) is 16.4 Å². The summed E-state index contributed by atoms with van der Waals surface area (Å²) in [5.41, 5.74) is 0.863. The van der Waals surface area contributed by atoms with Crippen LogP contribution in [0.15, 0.2) is 42.7 Å². The fourth-order valence-corrected chi connectivity index (χ4v) is 4.00. The van der Waals surface area contributed by atoms with Gasteiger partial charge in [0.1, 0.15) is 18.3 Å². The Hall–Kier alpha value is -4.50. The number of fused-ring (bicyclic) bond motifs is 1. The second-order valence-electron chi connectivity index (χ2n) is 8.11. The van der Waals surface area contributed by atoms with Gasteiger partial charge in [-0.3, -0.25) is 19.2 Å². The lowest BCUT2D eigenvalue weighted by atomic mass is 10.1. The molecule has 4 aromatic heterocycles. The van der Waals surface area contributed by atoms with Gasteiger partial charge in [-0.25, -0.2) is 19.7 Å². The number of hydroxylamine groups is 1. The molecule has 0 spiro atoms. The van der Waals surface area contributed by atoms with Crippen LogP contribution in [0.4, 0.5) is 18.9 Å². The maximum absolute atomic E-state index is 13.5. The van der Waals surface area contributed by atoms with Gasteiger partial charge in [-0.15, -0.1) is 0 Å². The van der Waals surface area contributed by atoms with Gasteiger partial charge in [0.05, 0.1) is 22.4 Å². The van der Waals surface area contributed by atoms with Crippen molar-refractivity contribution in [2.75, 3.05) is 11.9 Å². The van der Waals surface area contributed by atoms with Crippen LogP contribution in [0.1, 0.15) is 32.2 Å². The van der Waals surface area contributed by atoms with Crippen molar-refractivity contribution in [1.29, 1.82) is 0 Å². The number of aromatic nitrogens is 5. The van der Waals surface area contributed by atoms with E-state index in [2.05, 4.69) is 31.3 Å². The third-order valence-electron chi connectivity index (χ3n) is 5.55. The van der Waals surface area contributed by atoms with E-state index in [-0.39, 0.29) is 28.8 Å². The predicted molar refractivity (Wildman–Crippen MR) is 125 cm³/mol. The highest BCUT2D eigenvalue weighted by atomic mass is 35.5. The number of nitrogens with one attached hydrogen (secondary N) is 3. The second kappa shape index (κ2) is 9.42. The summed E-state index contributed by atoms with van der Waals surface area (Å²) in [5.74, 6) is -2.62. The Morgan fingerprint density at radius 3 is 2.68 bits per heavy atom. The average Bonchev–Trinajstić information content (AvgIpc) is 3.59. The summed E-state index contributed by atoms with van der Waals surface area (Å²) in [6.45, 7) is 1.45. The van der Waals surface area contributed by atoms with Crippen molar-refractivity contribution in [1.82, 2.24) is 35.2 Å². The third kappa shape index (κ3) is 4.52. The molecule has 0 bridgehead atoms. The minimum atomic E-state index is -4.87. The van der Waals surface area contributed by atoms with Crippen LogP contribution in [0.25, 0.3) is 11.3 Å². The minimum absolute atomic E-state index is 0.0513. The summed E-state index contributed by atoms with van der Waals surface area (Å²) in [5, 5.41) is 12.5. The number of anilines is 1. The van der Waals surface area contributed by atoms with Gasteiger partial charge in [0.25, 0.3) is 17.7 Å². The zero-order valence-electron chi connectivity index (χ0n) is 19.2. The lowest BCUT2D eigenvalue weighted by Crippen LogP contribution is -2.42. The fourth-order valence-electron chi connectivity index (χ4n) is 3.79. The Balaban J connectivity index is 1.59. The summed E-state index contributed by atoms with van der Waals surface area (Å²) in [4.78, 5) is 47.3. The van der Waals surface area contributed by atoms with Crippen molar-refractivity contribution in [3.05, 3.63) is 70.4 Å². The Kier molecular flexibility index (Phi) is 6.24. The molecule has 5 rings (SSSR count). The lowest BCUT2D eigenvalue weighted by Gasteiger charge is -2.17. The lowest BCUT2D eigenvalue weighted by molar-refractivity contribution is -0.141. The molecule has 3 N–H and O–H groups in total. The first-order valence-electron chi connectivity index (χ1n) is 10.8. The first kappa shape index (κ1) is 25.2. The Labute approximate surface area is 215 Å². The summed E-state index contributed by atoms with van der Waals surface area (Å²) < 4.78 is 42.4. The van der Waals surface area contributed by atoms with Gasteiger partial charge in [0.15, 0.2) is 17.2 Å². The van der Waals surface area contributed by atoms with E-state index in [0.717, 1.165) is 0 Å². The molecule has 5 heterocycles. The quantitative estimate of drug-likeness (QED) is 0.347. The molecule has 0 aromatic carbocycles. The number of nitrogens with zero attached hydrogens (tertiary/aromatic N) is 5. The molecule has 4 aromatic rings. The van der Waals surface area contributed by atoms with Gasteiger partial charge in [-0.2, -0.15) is 23.4 Å². The van der Waals surface area contributed by atoms with Crippen molar-refractivity contribution < 1.29 is 32.4 Å². The largest absolute Gasteiger partial charge is 0.435 e. The molecule has 12 nitrogen and oxygen atoms in total. The zero-order valence-corrected chi connectivity index (χ0v) is 20.0. The number of amides is 3. The highest BCUT2D eigenvalue weighted by Crippen LogP contribution is 2.31. The molecule has 1 saturated heterocycles. The third-order valence-corrected chi connectivity index (χ3v) is 5.84. The predicted octanol–water partition coefficient (Wildman–Crippen LogP) is 2.31. The van der Waals surface area contributed by atoms with Gasteiger partial charge in [0.2, 0.25) is 0 Å². The topological polar surface area (TPSA) is 145 Å². The molecular formula is C22H16ClF3N8O4. The Bertz CT molecular complexity index is 1600. The molecule has 16 heteroatoms. The van der Waals surface area contributed by atoms with Crippen LogP contribution in [0.3, 0.4) is 0 Å². The molecule has 0 aliphatic carbocycles. The zero-order chi connectivity index (χ0) is 27.2. The van der Waals surface area contributed by atoms with E-state index in [0.29, 0.717) is 21.8 Å². The molecule has 196 valence electrons. The van der Waals surface area contributed by atoms with Crippen LogP contribution in [0, 0.1) is 6.92 Å². The average molecular weight is 549 g/mol. The first-order valence-corrected chi connectivity index (χ1v) is 11.2. The van der Waals surface area contributed by atoms with Crippen molar-refractivity contribution in [2.45, 2.75) is 19.1 Å². The number of hydrogen-bond acceptors (Lipinski definition) is 7. The fraction of sp³-hybridized carbons (Fsp3) is 0.182. The number of hydrogen-bond donors (Lipinski definition) is 3. The molecule has 1 aliphatic rings. The van der Waals surface area contributed by atoms with Crippen molar-refractivity contribution in [3.8, 4) is 5.82 Å². The molecule has 1 atom stereocenters. The minimum Gasteiger partial charge on any atom is -0.337 e. The number of carbonyl (C=O) groups is 3.